The fourth-order valence-electron chi connectivity index (χ4n) is 2.18. The van der Waals surface area contributed by atoms with Gasteiger partial charge in [-0.25, -0.2) is 4.98 Å². The molecule has 5 nitrogen and oxygen atoms in total. The standard InChI is InChI=1S/C16H16N4OS/c1-9(2)19-15(21)14-13(17)11-3-4-12(20-16(11)22-14)10-5-7-18-8-6-10/h3-9H,17H2,1-2H3,(H,19,21). The highest BCUT2D eigenvalue weighted by molar-refractivity contribution is 7.21. The number of amides is 1. The quantitative estimate of drug-likeness (QED) is 0.779. The highest BCUT2D eigenvalue weighted by atomic mass is 32.1. The fourth-order valence-corrected chi connectivity index (χ4v) is 3.17. The number of nitrogens with two attached hydrogens (primary N) is 1. The predicted molar refractivity (Wildman–Crippen MR) is 89.9 cm³/mol. The average Bonchev–Trinajstić information content (AvgIpc) is 2.84. The van der Waals surface area contributed by atoms with Crippen LogP contribution in [0.3, 0.4) is 0 Å². The number of carbonyl (C=O) groups is 1. The number of pyridine rings is 2. The molecular weight excluding hydrogens is 296 g/mol. The normalized spacial score (nSPS) is 11.0. The van der Waals surface area contributed by atoms with E-state index in [1.165, 1.54) is 11.3 Å². The van der Waals surface area contributed by atoms with Crippen LogP contribution in [0, 0.1) is 0 Å². The summed E-state index contributed by atoms with van der Waals surface area (Å²) in [5, 5.41) is 3.68. The molecule has 3 rings (SSSR count). The van der Waals surface area contributed by atoms with Crippen LogP contribution >= 0.6 is 11.3 Å². The van der Waals surface area contributed by atoms with Crippen molar-refractivity contribution in [1.29, 1.82) is 0 Å². The van der Waals surface area contributed by atoms with Crippen LogP contribution in [0.25, 0.3) is 21.5 Å². The van der Waals surface area contributed by atoms with Gasteiger partial charge in [-0.05, 0) is 38.1 Å². The smallest absolute Gasteiger partial charge is 0.263 e. The van der Waals surface area contributed by atoms with Crippen LogP contribution in [0.5, 0.6) is 0 Å². The Kier molecular flexibility index (Phi) is 3.77. The van der Waals surface area contributed by atoms with Gasteiger partial charge in [-0.1, -0.05) is 0 Å². The summed E-state index contributed by atoms with van der Waals surface area (Å²) in [6, 6.07) is 7.69. The maximum absolute atomic E-state index is 12.2. The number of nitrogen functional groups attached to an aromatic ring is 1. The number of nitrogens with zero attached hydrogens (tertiary/aromatic N) is 2. The maximum Gasteiger partial charge on any atom is 0.263 e. The Balaban J connectivity index is 2.05. The van der Waals surface area contributed by atoms with Gasteiger partial charge in [-0.2, -0.15) is 0 Å². The Bertz CT molecular complexity index is 827. The number of aromatic nitrogens is 2. The molecule has 112 valence electrons. The van der Waals surface area contributed by atoms with Gasteiger partial charge in [0.2, 0.25) is 0 Å². The van der Waals surface area contributed by atoms with Crippen LogP contribution in [0.4, 0.5) is 5.69 Å². The molecule has 1 amide bonds. The molecule has 3 N–H and O–H groups in total. The molecule has 6 heteroatoms. The molecule has 3 heterocycles. The lowest BCUT2D eigenvalue weighted by molar-refractivity contribution is 0.0948. The Morgan fingerprint density at radius 1 is 1.23 bits per heavy atom. The molecule has 0 bridgehead atoms. The van der Waals surface area contributed by atoms with Crippen molar-refractivity contribution in [3.8, 4) is 11.3 Å². The Labute approximate surface area is 132 Å². The van der Waals surface area contributed by atoms with Gasteiger partial charge in [-0.3, -0.25) is 9.78 Å². The lowest BCUT2D eigenvalue weighted by Gasteiger charge is -2.06. The zero-order valence-electron chi connectivity index (χ0n) is 12.3. The second-order valence-electron chi connectivity index (χ2n) is 5.26. The molecule has 0 radical (unpaired) electrons. The number of rotatable bonds is 3. The maximum atomic E-state index is 12.2. The summed E-state index contributed by atoms with van der Waals surface area (Å²) < 4.78 is 0. The van der Waals surface area contributed by atoms with Gasteiger partial charge in [0, 0.05) is 29.4 Å². The first-order valence-electron chi connectivity index (χ1n) is 6.96. The zero-order chi connectivity index (χ0) is 15.7. The molecule has 0 aliphatic rings. The van der Waals surface area contributed by atoms with E-state index in [-0.39, 0.29) is 11.9 Å². The highest BCUT2D eigenvalue weighted by Gasteiger charge is 2.18. The topological polar surface area (TPSA) is 80.9 Å². The van der Waals surface area contributed by atoms with Gasteiger partial charge in [0.15, 0.2) is 0 Å². The third-order valence-electron chi connectivity index (χ3n) is 3.20. The van der Waals surface area contributed by atoms with Gasteiger partial charge in [0.25, 0.3) is 5.91 Å². The summed E-state index contributed by atoms with van der Waals surface area (Å²) in [6.07, 6.45) is 3.46. The van der Waals surface area contributed by atoms with E-state index in [1.807, 2.05) is 38.1 Å². The molecule has 0 unspecified atom stereocenters. The van der Waals surface area contributed by atoms with Crippen molar-refractivity contribution in [3.63, 3.8) is 0 Å². The Morgan fingerprint density at radius 3 is 2.64 bits per heavy atom. The van der Waals surface area contributed by atoms with E-state index in [9.17, 15) is 4.79 Å². The molecule has 0 aromatic carbocycles. The Hall–Kier alpha value is -2.47. The molecule has 3 aromatic heterocycles. The van der Waals surface area contributed by atoms with Gasteiger partial charge in [0.05, 0.1) is 11.4 Å². The third kappa shape index (κ3) is 2.65. The van der Waals surface area contributed by atoms with E-state index in [0.717, 1.165) is 21.5 Å². The van der Waals surface area contributed by atoms with Crippen molar-refractivity contribution >= 4 is 33.1 Å². The molecule has 22 heavy (non-hydrogen) atoms. The lowest BCUT2D eigenvalue weighted by Crippen LogP contribution is -2.29. The summed E-state index contributed by atoms with van der Waals surface area (Å²) >= 11 is 1.32. The first kappa shape index (κ1) is 14.5. The molecule has 0 aliphatic carbocycles. The summed E-state index contributed by atoms with van der Waals surface area (Å²) in [7, 11) is 0. The minimum atomic E-state index is -0.152. The van der Waals surface area contributed by atoms with Crippen molar-refractivity contribution in [2.75, 3.05) is 5.73 Å². The van der Waals surface area contributed by atoms with Gasteiger partial charge < -0.3 is 11.1 Å². The summed E-state index contributed by atoms with van der Waals surface area (Å²) in [4.78, 5) is 22.1. The molecule has 3 aromatic rings. The summed E-state index contributed by atoms with van der Waals surface area (Å²) in [5.41, 5.74) is 8.42. The molecule has 0 aliphatic heterocycles. The zero-order valence-corrected chi connectivity index (χ0v) is 13.1. The molecular formula is C16H16N4OS. The van der Waals surface area contributed by atoms with Crippen LogP contribution in [0.1, 0.15) is 23.5 Å². The first-order valence-corrected chi connectivity index (χ1v) is 7.78. The number of thiophene rings is 1. The van der Waals surface area contributed by atoms with Crippen molar-refractivity contribution < 1.29 is 4.79 Å². The number of nitrogens with one attached hydrogen (secondary N) is 1. The monoisotopic (exact) mass is 312 g/mol. The number of hydrogen-bond acceptors (Lipinski definition) is 5. The first-order chi connectivity index (χ1) is 10.6. The molecule has 0 spiro atoms. The van der Waals surface area contributed by atoms with E-state index in [4.69, 9.17) is 5.73 Å². The van der Waals surface area contributed by atoms with E-state index in [0.29, 0.717) is 10.6 Å². The van der Waals surface area contributed by atoms with E-state index >= 15 is 0 Å². The van der Waals surface area contributed by atoms with Gasteiger partial charge in [0.1, 0.15) is 9.71 Å². The molecule has 0 saturated heterocycles. The number of hydrogen-bond donors (Lipinski definition) is 2. The summed E-state index contributed by atoms with van der Waals surface area (Å²) in [5.74, 6) is -0.152. The molecule has 0 fully saturated rings. The van der Waals surface area contributed by atoms with Crippen molar-refractivity contribution in [3.05, 3.63) is 41.5 Å². The van der Waals surface area contributed by atoms with E-state index < -0.39 is 0 Å². The van der Waals surface area contributed by atoms with Crippen molar-refractivity contribution in [1.82, 2.24) is 15.3 Å². The fraction of sp³-hybridized carbons (Fsp3) is 0.188. The number of carbonyl (C=O) groups excluding carboxylic acids is 1. The minimum Gasteiger partial charge on any atom is -0.397 e. The largest absolute Gasteiger partial charge is 0.397 e. The molecule has 0 saturated carbocycles. The van der Waals surface area contributed by atoms with Crippen LogP contribution in [-0.4, -0.2) is 21.9 Å². The number of anilines is 1. The lowest BCUT2D eigenvalue weighted by atomic mass is 10.1. The van der Waals surface area contributed by atoms with Crippen LogP contribution in [0.2, 0.25) is 0 Å². The number of fused-ring (bicyclic) bond motifs is 1. The second-order valence-corrected chi connectivity index (χ2v) is 6.26. The third-order valence-corrected chi connectivity index (χ3v) is 4.31. The van der Waals surface area contributed by atoms with Crippen LogP contribution < -0.4 is 11.1 Å². The SMILES string of the molecule is CC(C)NC(=O)c1sc2nc(-c3ccncc3)ccc2c1N. The molecule has 0 atom stereocenters. The van der Waals surface area contributed by atoms with Crippen molar-refractivity contribution in [2.45, 2.75) is 19.9 Å². The van der Waals surface area contributed by atoms with Crippen molar-refractivity contribution in [2.24, 2.45) is 0 Å². The highest BCUT2D eigenvalue weighted by Crippen LogP contribution is 2.34. The average molecular weight is 312 g/mol. The van der Waals surface area contributed by atoms with Gasteiger partial charge in [-0.15, -0.1) is 11.3 Å². The summed E-state index contributed by atoms with van der Waals surface area (Å²) in [6.45, 7) is 3.84. The van der Waals surface area contributed by atoms with Crippen LogP contribution in [-0.2, 0) is 0 Å². The Morgan fingerprint density at radius 2 is 1.95 bits per heavy atom. The van der Waals surface area contributed by atoms with E-state index in [2.05, 4.69) is 15.3 Å². The second kappa shape index (κ2) is 5.73. The van der Waals surface area contributed by atoms with E-state index in [1.54, 1.807) is 12.4 Å². The minimum absolute atomic E-state index is 0.0671. The predicted octanol–water partition coefficient (Wildman–Crippen LogP) is 3.08. The van der Waals surface area contributed by atoms with Gasteiger partial charge >= 0.3 is 0 Å². The van der Waals surface area contributed by atoms with Crippen LogP contribution in [0.15, 0.2) is 36.7 Å².